The van der Waals surface area contributed by atoms with Gasteiger partial charge in [0.25, 0.3) is 0 Å². The lowest BCUT2D eigenvalue weighted by molar-refractivity contribution is 0.122. The van der Waals surface area contributed by atoms with Crippen molar-refractivity contribution in [2.75, 3.05) is 43.6 Å². The third-order valence-corrected chi connectivity index (χ3v) is 5.79. The van der Waals surface area contributed by atoms with Gasteiger partial charge < -0.3 is 24.8 Å². The normalized spacial score (nSPS) is 14.0. The number of aryl methyl sites for hydroxylation is 1. The molecule has 1 saturated heterocycles. The molecule has 2 N–H and O–H groups in total. The number of aromatic nitrogens is 2. The number of aromatic hydroxyl groups is 1. The summed E-state index contributed by atoms with van der Waals surface area (Å²) in [6.45, 7) is 5.22. The van der Waals surface area contributed by atoms with E-state index in [0.29, 0.717) is 17.1 Å². The number of imidazole rings is 1. The standard InChI is InChI=1S/C25H25FN4O3/c1-16-3-8-22-28-23(17-13-20(26)24(31)21(14-17)32-2)25(30(22)15-16)27-18-4-6-19(7-5-18)29-9-11-33-12-10-29/h3-8,13-15,27,31H,9-12H2,1-2H3. The molecule has 4 aromatic rings. The van der Waals surface area contributed by atoms with E-state index in [0.717, 1.165) is 48.9 Å². The van der Waals surface area contributed by atoms with Crippen molar-refractivity contribution in [1.82, 2.24) is 9.38 Å². The smallest absolute Gasteiger partial charge is 0.194 e. The Morgan fingerprint density at radius 1 is 1.09 bits per heavy atom. The zero-order chi connectivity index (χ0) is 22.9. The molecule has 2 aromatic heterocycles. The lowest BCUT2D eigenvalue weighted by atomic mass is 10.1. The predicted molar refractivity (Wildman–Crippen MR) is 126 cm³/mol. The zero-order valence-electron chi connectivity index (χ0n) is 18.5. The van der Waals surface area contributed by atoms with Crippen molar-refractivity contribution in [2.24, 2.45) is 0 Å². The molecule has 0 saturated carbocycles. The van der Waals surface area contributed by atoms with Crippen LogP contribution in [0.5, 0.6) is 11.5 Å². The minimum Gasteiger partial charge on any atom is -0.502 e. The predicted octanol–water partition coefficient (Wildman–Crippen LogP) is 4.74. The first-order valence-corrected chi connectivity index (χ1v) is 10.8. The molecule has 33 heavy (non-hydrogen) atoms. The Kier molecular flexibility index (Phi) is 5.51. The summed E-state index contributed by atoms with van der Waals surface area (Å²) in [4.78, 5) is 7.03. The van der Waals surface area contributed by atoms with Crippen LogP contribution in [0.4, 0.5) is 21.6 Å². The van der Waals surface area contributed by atoms with Gasteiger partial charge in [0.1, 0.15) is 17.2 Å². The first kappa shape index (κ1) is 21.1. The number of benzene rings is 2. The van der Waals surface area contributed by atoms with Crippen molar-refractivity contribution in [2.45, 2.75) is 6.92 Å². The summed E-state index contributed by atoms with van der Waals surface area (Å²) in [7, 11) is 1.39. The van der Waals surface area contributed by atoms with E-state index >= 15 is 0 Å². The summed E-state index contributed by atoms with van der Waals surface area (Å²) >= 11 is 0. The van der Waals surface area contributed by atoms with Crippen LogP contribution in [0.25, 0.3) is 16.9 Å². The molecule has 0 radical (unpaired) electrons. The van der Waals surface area contributed by atoms with Gasteiger partial charge in [-0.15, -0.1) is 0 Å². The van der Waals surface area contributed by atoms with Crippen LogP contribution in [-0.2, 0) is 4.74 Å². The molecule has 1 aliphatic heterocycles. The van der Waals surface area contributed by atoms with E-state index in [1.165, 1.54) is 13.2 Å². The van der Waals surface area contributed by atoms with Gasteiger partial charge in [0.05, 0.1) is 20.3 Å². The lowest BCUT2D eigenvalue weighted by Crippen LogP contribution is -2.36. The van der Waals surface area contributed by atoms with E-state index in [-0.39, 0.29) is 5.75 Å². The highest BCUT2D eigenvalue weighted by Crippen LogP contribution is 2.38. The number of ether oxygens (including phenoxy) is 2. The van der Waals surface area contributed by atoms with Crippen molar-refractivity contribution in [1.29, 1.82) is 0 Å². The maximum atomic E-state index is 14.4. The van der Waals surface area contributed by atoms with Crippen molar-refractivity contribution in [3.05, 3.63) is 66.1 Å². The number of fused-ring (bicyclic) bond motifs is 1. The molecule has 5 rings (SSSR count). The first-order valence-electron chi connectivity index (χ1n) is 10.8. The number of morpholine rings is 1. The van der Waals surface area contributed by atoms with E-state index in [1.807, 2.05) is 41.8 Å². The van der Waals surface area contributed by atoms with E-state index in [1.54, 1.807) is 6.07 Å². The molecule has 7 nitrogen and oxygen atoms in total. The van der Waals surface area contributed by atoms with Gasteiger partial charge in [-0.3, -0.25) is 4.40 Å². The Balaban J connectivity index is 1.56. The van der Waals surface area contributed by atoms with Crippen molar-refractivity contribution < 1.29 is 19.0 Å². The van der Waals surface area contributed by atoms with Gasteiger partial charge >= 0.3 is 0 Å². The molecule has 2 aromatic carbocycles. The minimum absolute atomic E-state index is 0.0547. The number of phenols is 1. The molecule has 0 unspecified atom stereocenters. The monoisotopic (exact) mass is 448 g/mol. The molecule has 0 spiro atoms. The fourth-order valence-corrected chi connectivity index (χ4v) is 4.05. The van der Waals surface area contributed by atoms with Crippen LogP contribution in [0.1, 0.15) is 5.56 Å². The summed E-state index contributed by atoms with van der Waals surface area (Å²) in [5, 5.41) is 13.4. The fourth-order valence-electron chi connectivity index (χ4n) is 4.05. The number of halogens is 1. The molecule has 0 bridgehead atoms. The number of hydrogen-bond acceptors (Lipinski definition) is 6. The van der Waals surface area contributed by atoms with Gasteiger partial charge in [0, 0.05) is 36.2 Å². The van der Waals surface area contributed by atoms with Crippen LogP contribution >= 0.6 is 0 Å². The van der Waals surface area contributed by atoms with E-state index in [2.05, 4.69) is 22.3 Å². The lowest BCUT2D eigenvalue weighted by Gasteiger charge is -2.29. The Morgan fingerprint density at radius 2 is 1.85 bits per heavy atom. The van der Waals surface area contributed by atoms with Crippen LogP contribution in [0.3, 0.4) is 0 Å². The summed E-state index contributed by atoms with van der Waals surface area (Å²) in [5.41, 5.74) is 4.85. The number of rotatable bonds is 5. The van der Waals surface area contributed by atoms with E-state index in [4.69, 9.17) is 14.5 Å². The first-order chi connectivity index (χ1) is 16.0. The molecule has 0 amide bonds. The van der Waals surface area contributed by atoms with Gasteiger partial charge in [0.2, 0.25) is 0 Å². The highest BCUT2D eigenvalue weighted by molar-refractivity contribution is 5.81. The van der Waals surface area contributed by atoms with Gasteiger partial charge in [-0.2, -0.15) is 0 Å². The van der Waals surface area contributed by atoms with Gasteiger partial charge in [0.15, 0.2) is 17.3 Å². The van der Waals surface area contributed by atoms with Crippen molar-refractivity contribution in [3.8, 4) is 22.8 Å². The number of methoxy groups -OCH3 is 1. The van der Waals surface area contributed by atoms with Gasteiger partial charge in [-0.1, -0.05) is 6.07 Å². The Morgan fingerprint density at radius 3 is 2.58 bits per heavy atom. The SMILES string of the molecule is COc1cc(-c2nc3ccc(C)cn3c2Nc2ccc(N3CCOCC3)cc2)cc(F)c1O. The molecular weight excluding hydrogens is 423 g/mol. The topological polar surface area (TPSA) is 71.3 Å². The van der Waals surface area contributed by atoms with Crippen LogP contribution < -0.4 is 15.0 Å². The summed E-state index contributed by atoms with van der Waals surface area (Å²) in [6, 6.07) is 14.9. The molecule has 0 atom stereocenters. The third kappa shape index (κ3) is 4.05. The maximum absolute atomic E-state index is 14.4. The maximum Gasteiger partial charge on any atom is 0.194 e. The van der Waals surface area contributed by atoms with Crippen molar-refractivity contribution >= 4 is 22.8 Å². The molecule has 8 heteroatoms. The zero-order valence-corrected chi connectivity index (χ0v) is 18.5. The van der Waals surface area contributed by atoms with Crippen molar-refractivity contribution in [3.63, 3.8) is 0 Å². The summed E-state index contributed by atoms with van der Waals surface area (Å²) < 4.78 is 26.9. The summed E-state index contributed by atoms with van der Waals surface area (Å²) in [6.07, 6.45) is 1.98. The van der Waals surface area contributed by atoms with Crippen LogP contribution in [0, 0.1) is 12.7 Å². The molecule has 1 fully saturated rings. The van der Waals surface area contributed by atoms with Crippen LogP contribution in [0.2, 0.25) is 0 Å². The van der Waals surface area contributed by atoms with Gasteiger partial charge in [-0.05, 0) is 55.0 Å². The number of hydrogen-bond donors (Lipinski definition) is 2. The van der Waals surface area contributed by atoms with Crippen LogP contribution in [0.15, 0.2) is 54.7 Å². The van der Waals surface area contributed by atoms with Crippen LogP contribution in [-0.4, -0.2) is 47.9 Å². The molecular formula is C25H25FN4O3. The largest absolute Gasteiger partial charge is 0.502 e. The number of phenolic OH excluding ortho intramolecular Hbond substituents is 1. The highest BCUT2D eigenvalue weighted by atomic mass is 19.1. The number of anilines is 3. The molecule has 170 valence electrons. The second-order valence-corrected chi connectivity index (χ2v) is 8.02. The van der Waals surface area contributed by atoms with E-state index < -0.39 is 11.6 Å². The quantitative estimate of drug-likeness (QED) is 0.459. The fraction of sp³-hybridized carbons (Fsp3) is 0.240. The minimum atomic E-state index is -0.765. The molecule has 0 aliphatic carbocycles. The van der Waals surface area contributed by atoms with Gasteiger partial charge in [-0.25, -0.2) is 9.37 Å². The number of pyridine rings is 1. The summed E-state index contributed by atoms with van der Waals surface area (Å²) in [5.74, 6) is -0.536. The highest BCUT2D eigenvalue weighted by Gasteiger charge is 2.19. The molecule has 1 aliphatic rings. The Bertz CT molecular complexity index is 1300. The number of nitrogens with zero attached hydrogens (tertiary/aromatic N) is 3. The third-order valence-electron chi connectivity index (χ3n) is 5.79. The average molecular weight is 448 g/mol. The average Bonchev–Trinajstić information content (AvgIpc) is 3.19. The Labute approximate surface area is 191 Å². The van der Waals surface area contributed by atoms with E-state index in [9.17, 15) is 9.50 Å². The Hall–Kier alpha value is -3.78. The molecule has 3 heterocycles. The second-order valence-electron chi connectivity index (χ2n) is 8.02. The second kappa shape index (κ2) is 8.63. The number of nitrogens with one attached hydrogen (secondary N) is 1.